The number of carbonyl (C=O) groups is 3. The van der Waals surface area contributed by atoms with E-state index in [1.54, 1.807) is 18.3 Å². The van der Waals surface area contributed by atoms with E-state index in [-0.39, 0.29) is 25.3 Å². The molecule has 4 N–H and O–H groups in total. The first kappa shape index (κ1) is 18.3. The third-order valence-corrected chi connectivity index (χ3v) is 4.62. The monoisotopic (exact) mass is 398 g/mol. The number of nitrogens with two attached hydrogens (primary N) is 1. The van der Waals surface area contributed by atoms with Crippen LogP contribution in [-0.2, 0) is 20.8 Å². The third-order valence-electron chi connectivity index (χ3n) is 3.91. The standard InChI is InChI=1S/C15H19BrN4O4/c1-8(21)20-7-10(22)6-12(20)15(24)19-11(14(17)23)5-9-3-2-4-18-13(9)16/h2-4,10-12,22H,5-7H2,1H3,(H2,17,23)(H,19,24)/t10-,11-,12+/m1/s1. The van der Waals surface area contributed by atoms with E-state index >= 15 is 0 Å². The van der Waals surface area contributed by atoms with Crippen LogP contribution in [-0.4, -0.2) is 57.4 Å². The molecule has 0 bridgehead atoms. The number of pyridine rings is 1. The SMILES string of the molecule is CC(=O)N1C[C@H](O)C[C@H]1C(=O)N[C@H](Cc1cccnc1Br)C(N)=O. The molecule has 1 aliphatic heterocycles. The van der Waals surface area contributed by atoms with Gasteiger partial charge in [0.25, 0.3) is 0 Å². The molecule has 9 heteroatoms. The zero-order valence-electron chi connectivity index (χ0n) is 13.1. The van der Waals surface area contributed by atoms with Crippen molar-refractivity contribution in [2.45, 2.75) is 38.0 Å². The van der Waals surface area contributed by atoms with Crippen molar-refractivity contribution < 1.29 is 19.5 Å². The van der Waals surface area contributed by atoms with Crippen molar-refractivity contribution in [2.24, 2.45) is 5.73 Å². The average molecular weight is 399 g/mol. The van der Waals surface area contributed by atoms with Gasteiger partial charge in [-0.2, -0.15) is 0 Å². The molecular formula is C15H19BrN4O4. The van der Waals surface area contributed by atoms with Crippen LogP contribution in [0.15, 0.2) is 22.9 Å². The molecule has 2 rings (SSSR count). The van der Waals surface area contributed by atoms with E-state index in [4.69, 9.17) is 5.73 Å². The Morgan fingerprint density at radius 3 is 2.83 bits per heavy atom. The summed E-state index contributed by atoms with van der Waals surface area (Å²) in [5, 5.41) is 12.3. The van der Waals surface area contributed by atoms with Gasteiger partial charge in [-0.25, -0.2) is 4.98 Å². The largest absolute Gasteiger partial charge is 0.391 e. The number of aromatic nitrogens is 1. The minimum absolute atomic E-state index is 0.100. The summed E-state index contributed by atoms with van der Waals surface area (Å²) >= 11 is 3.28. The number of β-amino-alcohol motifs (C(OH)–C–C–N with tert-alkyl or cyclic N) is 1. The van der Waals surface area contributed by atoms with Crippen molar-refractivity contribution in [3.8, 4) is 0 Å². The van der Waals surface area contributed by atoms with Gasteiger partial charge in [0, 0.05) is 32.5 Å². The van der Waals surface area contributed by atoms with Crippen molar-refractivity contribution in [3.05, 3.63) is 28.5 Å². The lowest BCUT2D eigenvalue weighted by molar-refractivity contribution is -0.138. The normalized spacial score (nSPS) is 21.4. The number of rotatable bonds is 5. The van der Waals surface area contributed by atoms with Gasteiger partial charge in [-0.15, -0.1) is 0 Å². The highest BCUT2D eigenvalue weighted by molar-refractivity contribution is 9.10. The minimum atomic E-state index is -0.940. The molecule has 130 valence electrons. The Kier molecular flexibility index (Phi) is 5.89. The predicted molar refractivity (Wildman–Crippen MR) is 88.6 cm³/mol. The lowest BCUT2D eigenvalue weighted by atomic mass is 10.1. The summed E-state index contributed by atoms with van der Waals surface area (Å²) in [6, 6.07) is 1.73. The van der Waals surface area contributed by atoms with Crippen molar-refractivity contribution in [1.82, 2.24) is 15.2 Å². The molecule has 1 aromatic rings. The zero-order valence-corrected chi connectivity index (χ0v) is 14.7. The number of nitrogens with one attached hydrogen (secondary N) is 1. The first-order valence-electron chi connectivity index (χ1n) is 7.44. The Hall–Kier alpha value is -2.00. The Labute approximate surface area is 147 Å². The molecule has 0 aromatic carbocycles. The van der Waals surface area contributed by atoms with Gasteiger partial charge < -0.3 is 21.1 Å². The second-order valence-electron chi connectivity index (χ2n) is 5.70. The van der Waals surface area contributed by atoms with Crippen LogP contribution in [0.4, 0.5) is 0 Å². The number of likely N-dealkylation sites (tertiary alicyclic amines) is 1. The van der Waals surface area contributed by atoms with Crippen LogP contribution in [0.3, 0.4) is 0 Å². The minimum Gasteiger partial charge on any atom is -0.391 e. The molecule has 3 amide bonds. The summed E-state index contributed by atoms with van der Waals surface area (Å²) in [4.78, 5) is 41.1. The Morgan fingerprint density at radius 2 is 2.25 bits per heavy atom. The molecule has 0 spiro atoms. The Balaban J connectivity index is 2.10. The third kappa shape index (κ3) is 4.30. The first-order valence-corrected chi connectivity index (χ1v) is 8.23. The average Bonchev–Trinajstić information content (AvgIpc) is 2.91. The number of amides is 3. The molecule has 1 aromatic heterocycles. The highest BCUT2D eigenvalue weighted by Gasteiger charge is 2.38. The van der Waals surface area contributed by atoms with Crippen LogP contribution < -0.4 is 11.1 Å². The van der Waals surface area contributed by atoms with Crippen LogP contribution >= 0.6 is 15.9 Å². The summed E-state index contributed by atoms with van der Waals surface area (Å²) < 4.78 is 0.562. The zero-order chi connectivity index (χ0) is 17.9. The number of primary amides is 1. The summed E-state index contributed by atoms with van der Waals surface area (Å²) in [6.07, 6.45) is 1.14. The van der Waals surface area contributed by atoms with E-state index in [9.17, 15) is 19.5 Å². The molecule has 24 heavy (non-hydrogen) atoms. The Bertz CT molecular complexity index is 654. The number of hydrogen-bond donors (Lipinski definition) is 3. The van der Waals surface area contributed by atoms with Gasteiger partial charge in [0.15, 0.2) is 0 Å². The lowest BCUT2D eigenvalue weighted by Crippen LogP contribution is -2.52. The topological polar surface area (TPSA) is 126 Å². The number of hydrogen-bond acceptors (Lipinski definition) is 5. The molecule has 0 unspecified atom stereocenters. The van der Waals surface area contributed by atoms with Crippen LogP contribution in [0.25, 0.3) is 0 Å². The molecule has 1 aliphatic rings. The quantitative estimate of drug-likeness (QED) is 0.567. The van der Waals surface area contributed by atoms with Crippen molar-refractivity contribution in [1.29, 1.82) is 0 Å². The van der Waals surface area contributed by atoms with E-state index in [1.807, 2.05) is 0 Å². The molecule has 0 aliphatic carbocycles. The fourth-order valence-electron chi connectivity index (χ4n) is 2.69. The van der Waals surface area contributed by atoms with Gasteiger partial charge in [0.2, 0.25) is 17.7 Å². The molecule has 2 heterocycles. The second-order valence-corrected chi connectivity index (χ2v) is 6.45. The van der Waals surface area contributed by atoms with Crippen LogP contribution in [0.2, 0.25) is 0 Å². The van der Waals surface area contributed by atoms with Gasteiger partial charge in [-0.1, -0.05) is 6.07 Å². The summed E-state index contributed by atoms with van der Waals surface area (Å²) in [5.41, 5.74) is 6.10. The number of halogens is 1. The van der Waals surface area contributed by atoms with Crippen LogP contribution in [0.5, 0.6) is 0 Å². The van der Waals surface area contributed by atoms with Gasteiger partial charge in [0.1, 0.15) is 16.7 Å². The molecular weight excluding hydrogens is 380 g/mol. The maximum absolute atomic E-state index is 12.4. The van der Waals surface area contributed by atoms with Gasteiger partial charge in [0.05, 0.1) is 6.10 Å². The number of aliphatic hydroxyl groups is 1. The summed E-state index contributed by atoms with van der Waals surface area (Å²) in [6.45, 7) is 1.43. The molecule has 1 fully saturated rings. The van der Waals surface area contributed by atoms with Gasteiger partial charge in [-0.05, 0) is 27.6 Å². The van der Waals surface area contributed by atoms with E-state index < -0.39 is 30.0 Å². The molecule has 8 nitrogen and oxygen atoms in total. The van der Waals surface area contributed by atoms with Gasteiger partial charge in [-0.3, -0.25) is 14.4 Å². The summed E-state index contributed by atoms with van der Waals surface area (Å²) in [5.74, 6) is -1.50. The highest BCUT2D eigenvalue weighted by Crippen LogP contribution is 2.19. The number of nitrogens with zero attached hydrogens (tertiary/aromatic N) is 2. The molecule has 1 saturated heterocycles. The van der Waals surface area contributed by atoms with E-state index in [2.05, 4.69) is 26.2 Å². The smallest absolute Gasteiger partial charge is 0.243 e. The molecule has 3 atom stereocenters. The van der Waals surface area contributed by atoms with Crippen molar-refractivity contribution >= 4 is 33.7 Å². The number of aliphatic hydroxyl groups excluding tert-OH is 1. The van der Waals surface area contributed by atoms with E-state index in [0.29, 0.717) is 4.60 Å². The summed E-state index contributed by atoms with van der Waals surface area (Å²) in [7, 11) is 0. The predicted octanol–water partition coefficient (Wildman–Crippen LogP) is -0.662. The fourth-order valence-corrected chi connectivity index (χ4v) is 3.10. The van der Waals surface area contributed by atoms with Crippen molar-refractivity contribution in [2.75, 3.05) is 6.54 Å². The van der Waals surface area contributed by atoms with E-state index in [1.165, 1.54) is 11.8 Å². The fraction of sp³-hybridized carbons (Fsp3) is 0.467. The molecule has 0 saturated carbocycles. The van der Waals surface area contributed by atoms with Crippen LogP contribution in [0.1, 0.15) is 18.9 Å². The maximum Gasteiger partial charge on any atom is 0.243 e. The van der Waals surface area contributed by atoms with Crippen LogP contribution in [0, 0.1) is 0 Å². The second kappa shape index (κ2) is 7.71. The van der Waals surface area contributed by atoms with Gasteiger partial charge >= 0.3 is 0 Å². The highest BCUT2D eigenvalue weighted by atomic mass is 79.9. The van der Waals surface area contributed by atoms with E-state index in [0.717, 1.165) is 5.56 Å². The van der Waals surface area contributed by atoms with Crippen molar-refractivity contribution in [3.63, 3.8) is 0 Å². The molecule has 0 radical (unpaired) electrons. The lowest BCUT2D eigenvalue weighted by Gasteiger charge is -2.24. The maximum atomic E-state index is 12.4. The Morgan fingerprint density at radius 1 is 1.54 bits per heavy atom. The first-order chi connectivity index (χ1) is 11.3. The number of carbonyl (C=O) groups excluding carboxylic acids is 3.